The van der Waals surface area contributed by atoms with E-state index in [1.54, 1.807) is 0 Å². The lowest BCUT2D eigenvalue weighted by Crippen LogP contribution is -1.99. The van der Waals surface area contributed by atoms with Crippen LogP contribution in [0.5, 0.6) is 5.88 Å². The highest BCUT2D eigenvalue weighted by atomic mass is 35.5. The maximum Gasteiger partial charge on any atom is 0.265 e. The minimum atomic E-state index is -2.72. The van der Waals surface area contributed by atoms with E-state index in [-0.39, 0.29) is 22.2 Å². The minimum absolute atomic E-state index is 0.00810. The maximum absolute atomic E-state index is 12.4. The highest BCUT2D eigenvalue weighted by molar-refractivity contribution is 6.32. The number of hydrogen-bond donors (Lipinski definition) is 1. The van der Waals surface area contributed by atoms with E-state index in [1.807, 2.05) is 0 Å². The third kappa shape index (κ3) is 2.10. The smallest absolute Gasteiger partial charge is 0.265 e. The van der Waals surface area contributed by atoms with Gasteiger partial charge in [-0.15, -0.1) is 0 Å². The van der Waals surface area contributed by atoms with Gasteiger partial charge in [0, 0.05) is 11.6 Å². The van der Waals surface area contributed by atoms with Gasteiger partial charge in [-0.2, -0.15) is 0 Å². The second kappa shape index (κ2) is 4.52. The van der Waals surface area contributed by atoms with Crippen LogP contribution >= 0.6 is 11.6 Å². The van der Waals surface area contributed by atoms with Gasteiger partial charge in [-0.1, -0.05) is 11.6 Å². The molecular formula is C8H8ClF2NO2. The van der Waals surface area contributed by atoms with Crippen LogP contribution in [0.4, 0.5) is 8.78 Å². The number of ether oxygens (including phenoxy) is 1. The monoisotopic (exact) mass is 223 g/mol. The van der Waals surface area contributed by atoms with Crippen molar-refractivity contribution in [1.82, 2.24) is 4.98 Å². The number of aliphatic hydroxyl groups excluding tert-OH is 1. The van der Waals surface area contributed by atoms with Crippen molar-refractivity contribution in [3.8, 4) is 5.88 Å². The fourth-order valence-electron chi connectivity index (χ4n) is 0.945. The summed E-state index contributed by atoms with van der Waals surface area (Å²) in [6.07, 6.45) is -2.72. The van der Waals surface area contributed by atoms with E-state index in [4.69, 9.17) is 16.7 Å². The van der Waals surface area contributed by atoms with Crippen LogP contribution < -0.4 is 4.74 Å². The quantitative estimate of drug-likeness (QED) is 0.854. The first-order valence-corrected chi connectivity index (χ1v) is 4.10. The molecule has 0 fully saturated rings. The molecule has 0 amide bonds. The molecule has 6 heteroatoms. The summed E-state index contributed by atoms with van der Waals surface area (Å²) in [6.45, 7) is -0.504. The van der Waals surface area contributed by atoms with Crippen molar-refractivity contribution >= 4 is 11.6 Å². The van der Waals surface area contributed by atoms with Crippen LogP contribution in [-0.2, 0) is 6.61 Å². The molecule has 0 unspecified atom stereocenters. The number of pyridine rings is 1. The average molecular weight is 224 g/mol. The molecule has 0 aliphatic heterocycles. The Bertz CT molecular complexity index is 333. The molecular weight excluding hydrogens is 216 g/mol. The maximum atomic E-state index is 12.4. The fraction of sp³-hybridized carbons (Fsp3) is 0.375. The van der Waals surface area contributed by atoms with Gasteiger partial charge in [0.25, 0.3) is 6.43 Å². The molecule has 0 aromatic carbocycles. The Balaban J connectivity index is 3.27. The van der Waals surface area contributed by atoms with Crippen LogP contribution in [0, 0.1) is 0 Å². The molecule has 0 radical (unpaired) electrons. The molecule has 0 bridgehead atoms. The van der Waals surface area contributed by atoms with E-state index in [1.165, 1.54) is 7.11 Å². The summed E-state index contributed by atoms with van der Waals surface area (Å²) in [5.74, 6) is 0.00810. The van der Waals surface area contributed by atoms with Crippen molar-refractivity contribution in [2.24, 2.45) is 0 Å². The normalized spacial score (nSPS) is 10.7. The highest BCUT2D eigenvalue weighted by Crippen LogP contribution is 2.31. The molecule has 14 heavy (non-hydrogen) atoms. The van der Waals surface area contributed by atoms with Crippen LogP contribution in [0.25, 0.3) is 0 Å². The number of aromatic nitrogens is 1. The van der Waals surface area contributed by atoms with Gasteiger partial charge in [0.2, 0.25) is 5.88 Å². The molecule has 0 spiro atoms. The van der Waals surface area contributed by atoms with Crippen molar-refractivity contribution in [1.29, 1.82) is 0 Å². The van der Waals surface area contributed by atoms with E-state index >= 15 is 0 Å². The molecule has 0 atom stereocenters. The van der Waals surface area contributed by atoms with Gasteiger partial charge in [-0.05, 0) is 0 Å². The molecule has 1 rings (SSSR count). The van der Waals surface area contributed by atoms with E-state index in [2.05, 4.69) is 9.72 Å². The van der Waals surface area contributed by atoms with Crippen molar-refractivity contribution in [3.63, 3.8) is 0 Å². The minimum Gasteiger partial charge on any atom is -0.481 e. The zero-order valence-electron chi connectivity index (χ0n) is 7.30. The Morgan fingerprint density at radius 2 is 2.29 bits per heavy atom. The molecule has 0 saturated heterocycles. The van der Waals surface area contributed by atoms with Crippen LogP contribution in [0.15, 0.2) is 6.07 Å². The molecule has 3 nitrogen and oxygen atoms in total. The fourth-order valence-corrected chi connectivity index (χ4v) is 1.18. The number of hydrogen-bond acceptors (Lipinski definition) is 3. The van der Waals surface area contributed by atoms with Crippen molar-refractivity contribution < 1.29 is 18.6 Å². The zero-order chi connectivity index (χ0) is 10.7. The number of halogens is 3. The average Bonchev–Trinajstić information content (AvgIpc) is 2.17. The number of methoxy groups -OCH3 is 1. The third-order valence-corrected chi connectivity index (χ3v) is 2.06. The summed E-state index contributed by atoms with van der Waals surface area (Å²) < 4.78 is 29.5. The standard InChI is InChI=1S/C8H8ClF2NO2/c1-14-6-2-4(8(10)11)7(9)5(3-13)12-6/h2,8,13H,3H2,1H3. The summed E-state index contributed by atoms with van der Waals surface area (Å²) in [4.78, 5) is 3.71. The summed E-state index contributed by atoms with van der Waals surface area (Å²) in [5.41, 5.74) is -0.399. The van der Waals surface area contributed by atoms with Crippen LogP contribution in [0.2, 0.25) is 5.02 Å². The number of alkyl halides is 2. The molecule has 1 N–H and O–H groups in total. The summed E-state index contributed by atoms with van der Waals surface area (Å²) in [5, 5.41) is 8.58. The third-order valence-electron chi connectivity index (χ3n) is 1.62. The van der Waals surface area contributed by atoms with Gasteiger partial charge in [0.1, 0.15) is 0 Å². The first-order chi connectivity index (χ1) is 6.60. The SMILES string of the molecule is COc1cc(C(F)F)c(Cl)c(CO)n1. The second-order valence-corrected chi connectivity index (χ2v) is 2.85. The predicted molar refractivity (Wildman–Crippen MR) is 46.7 cm³/mol. The Labute approximate surface area is 84.3 Å². The summed E-state index contributed by atoms with van der Waals surface area (Å²) in [7, 11) is 1.30. The van der Waals surface area contributed by atoms with Crippen molar-refractivity contribution in [2.75, 3.05) is 7.11 Å². The highest BCUT2D eigenvalue weighted by Gasteiger charge is 2.17. The molecule has 0 saturated carbocycles. The second-order valence-electron chi connectivity index (χ2n) is 2.47. The van der Waals surface area contributed by atoms with Gasteiger partial charge < -0.3 is 9.84 Å². The molecule has 1 aromatic heterocycles. The predicted octanol–water partition coefficient (Wildman–Crippen LogP) is 2.17. The lowest BCUT2D eigenvalue weighted by atomic mass is 10.2. The van der Waals surface area contributed by atoms with Gasteiger partial charge in [-0.3, -0.25) is 0 Å². The number of rotatable bonds is 3. The van der Waals surface area contributed by atoms with Gasteiger partial charge in [0.15, 0.2) is 0 Å². The lowest BCUT2D eigenvalue weighted by molar-refractivity contribution is 0.150. The summed E-state index contributed by atoms with van der Waals surface area (Å²) in [6, 6.07) is 1.05. The molecule has 78 valence electrons. The number of aliphatic hydroxyl groups is 1. The van der Waals surface area contributed by atoms with Gasteiger partial charge in [0.05, 0.1) is 24.4 Å². The van der Waals surface area contributed by atoms with Crippen molar-refractivity contribution in [3.05, 3.63) is 22.3 Å². The van der Waals surface area contributed by atoms with Crippen LogP contribution in [0.3, 0.4) is 0 Å². The van der Waals surface area contributed by atoms with Gasteiger partial charge >= 0.3 is 0 Å². The Hall–Kier alpha value is -0.940. The molecule has 0 aliphatic rings. The first-order valence-electron chi connectivity index (χ1n) is 3.72. The summed E-state index contributed by atoms with van der Waals surface area (Å²) >= 11 is 5.57. The Morgan fingerprint density at radius 3 is 2.71 bits per heavy atom. The largest absolute Gasteiger partial charge is 0.481 e. The van der Waals surface area contributed by atoms with Crippen LogP contribution in [-0.4, -0.2) is 17.2 Å². The molecule has 1 aromatic rings. The van der Waals surface area contributed by atoms with Crippen molar-refractivity contribution in [2.45, 2.75) is 13.0 Å². The zero-order valence-corrected chi connectivity index (χ0v) is 8.05. The number of nitrogens with zero attached hydrogens (tertiary/aromatic N) is 1. The molecule has 0 aliphatic carbocycles. The van der Waals surface area contributed by atoms with Crippen LogP contribution in [0.1, 0.15) is 17.7 Å². The Kier molecular flexibility index (Phi) is 3.60. The van der Waals surface area contributed by atoms with E-state index in [0.29, 0.717) is 0 Å². The van der Waals surface area contributed by atoms with E-state index in [0.717, 1.165) is 6.07 Å². The molecule has 1 heterocycles. The topological polar surface area (TPSA) is 42.4 Å². The van der Waals surface area contributed by atoms with E-state index < -0.39 is 13.0 Å². The van der Waals surface area contributed by atoms with E-state index in [9.17, 15) is 8.78 Å². The van der Waals surface area contributed by atoms with Gasteiger partial charge in [-0.25, -0.2) is 13.8 Å². The lowest BCUT2D eigenvalue weighted by Gasteiger charge is -2.08. The first kappa shape index (κ1) is 11.1. The Morgan fingerprint density at radius 1 is 1.64 bits per heavy atom.